The van der Waals surface area contributed by atoms with Crippen LogP contribution in [-0.2, 0) is 32.4 Å². The number of methoxy groups -OCH3 is 4. The van der Waals surface area contributed by atoms with Crippen LogP contribution in [0.5, 0.6) is 28.9 Å². The molecular formula is C56H52F6N8O5S. The molecule has 0 spiro atoms. The third-order valence-electron chi connectivity index (χ3n) is 13.1. The summed E-state index contributed by atoms with van der Waals surface area (Å²) in [6.07, 6.45) is -2.43. The second-order valence-corrected chi connectivity index (χ2v) is 18.6. The molecule has 0 bridgehead atoms. The summed E-state index contributed by atoms with van der Waals surface area (Å²) in [5, 5.41) is 0.0165. The smallest absolute Gasteiger partial charge is 0.418 e. The van der Waals surface area contributed by atoms with Crippen LogP contribution in [0.4, 0.5) is 43.8 Å². The van der Waals surface area contributed by atoms with Crippen LogP contribution in [-0.4, -0.2) is 72.8 Å². The Balaban J connectivity index is 1.18. The number of thioether (sulfide) groups is 1. The number of ether oxygens (including phenoxy) is 5. The highest BCUT2D eigenvalue weighted by Gasteiger charge is 2.42. The molecule has 20 heteroatoms. The van der Waals surface area contributed by atoms with Gasteiger partial charge in [0.25, 0.3) is 0 Å². The standard InChI is InChI=1S/C56H52F6N8O5S/c1-32-45(56(60,61)62)49(64-53(46(32)58)69(30-36-12-20-41(73-5)21-13-36)31-37-14-22-42(74-6)23-15-37)50-47(59)48-44-52(67-55(66-48)76-7)70(24-25-75-54(44)65-50)33(2)43-26-38(57)27-63-51(43)68(28-34-8-16-39(71-3)17-9-34)29-35-10-18-40(72-4)19-11-35/h8-23,26-27,33H,24-25,28-31H2,1-7H3/t33-/m1/s1. The first-order valence-electron chi connectivity index (χ1n) is 23.9. The Morgan fingerprint density at radius 3 is 1.57 bits per heavy atom. The molecule has 0 radical (unpaired) electrons. The molecule has 4 aromatic carbocycles. The van der Waals surface area contributed by atoms with E-state index in [2.05, 4.69) is 19.9 Å². The maximum atomic E-state index is 17.8. The highest BCUT2D eigenvalue weighted by atomic mass is 32.2. The molecule has 1 atom stereocenters. The van der Waals surface area contributed by atoms with Crippen molar-refractivity contribution >= 4 is 40.1 Å². The van der Waals surface area contributed by atoms with Gasteiger partial charge in [-0.25, -0.2) is 38.1 Å². The minimum absolute atomic E-state index is 0.0306. The normalized spacial score (nSPS) is 12.7. The maximum Gasteiger partial charge on any atom is 0.418 e. The average molecular weight is 1060 g/mol. The van der Waals surface area contributed by atoms with Crippen LogP contribution >= 0.6 is 11.8 Å². The minimum atomic E-state index is -5.24. The van der Waals surface area contributed by atoms with Crippen LogP contribution in [0.15, 0.2) is 114 Å². The number of halogens is 6. The third kappa shape index (κ3) is 11.0. The van der Waals surface area contributed by atoms with E-state index < -0.39 is 63.5 Å². The Hall–Kier alpha value is -8.00. The zero-order valence-corrected chi connectivity index (χ0v) is 43.3. The molecule has 0 aliphatic carbocycles. The van der Waals surface area contributed by atoms with Gasteiger partial charge in [0.2, 0.25) is 5.88 Å². The van der Waals surface area contributed by atoms with Crippen LogP contribution < -0.4 is 38.4 Å². The van der Waals surface area contributed by atoms with Crippen molar-refractivity contribution in [1.29, 1.82) is 0 Å². The molecule has 13 nitrogen and oxygen atoms in total. The minimum Gasteiger partial charge on any atom is -0.497 e. The molecule has 0 amide bonds. The predicted molar refractivity (Wildman–Crippen MR) is 279 cm³/mol. The summed E-state index contributed by atoms with van der Waals surface area (Å²) >= 11 is 1.07. The molecule has 1 aliphatic heterocycles. The van der Waals surface area contributed by atoms with Gasteiger partial charge in [0.15, 0.2) is 22.6 Å². The van der Waals surface area contributed by atoms with E-state index in [9.17, 15) is 0 Å². The first-order valence-corrected chi connectivity index (χ1v) is 25.1. The molecule has 4 aromatic heterocycles. The number of rotatable bonds is 18. The van der Waals surface area contributed by atoms with Crippen molar-refractivity contribution in [3.8, 4) is 40.3 Å². The molecular weight excluding hydrogens is 1010 g/mol. The number of alkyl halides is 3. The number of anilines is 3. The van der Waals surface area contributed by atoms with E-state index >= 15 is 26.3 Å². The lowest BCUT2D eigenvalue weighted by atomic mass is 10.0. The van der Waals surface area contributed by atoms with Crippen molar-refractivity contribution in [3.05, 3.63) is 166 Å². The summed E-state index contributed by atoms with van der Waals surface area (Å²) in [7, 11) is 6.18. The van der Waals surface area contributed by atoms with Crippen molar-refractivity contribution in [2.45, 2.75) is 57.4 Å². The van der Waals surface area contributed by atoms with Crippen LogP contribution in [0.2, 0.25) is 0 Å². The first-order chi connectivity index (χ1) is 36.6. The van der Waals surface area contributed by atoms with Gasteiger partial charge in [-0.3, -0.25) is 0 Å². The SMILES string of the molecule is COc1ccc(CN(Cc2ccc(OC)cc2)c2ncc(F)cc2[C@@H](C)N2CCOc3nc(-c4nc(N(Cc5ccc(OC)cc5)Cc5ccc(OC)cc5)c(F)c(C)c4C(F)(F)F)c(F)c4nc(SC)nc2c34)cc1. The number of pyridine rings is 3. The van der Waals surface area contributed by atoms with E-state index in [0.717, 1.165) is 36.0 Å². The number of hydrogen-bond acceptors (Lipinski definition) is 14. The summed E-state index contributed by atoms with van der Waals surface area (Å²) in [6, 6.07) is 29.5. The summed E-state index contributed by atoms with van der Waals surface area (Å²) in [6.45, 7) is 3.35. The van der Waals surface area contributed by atoms with E-state index in [1.54, 1.807) is 73.9 Å². The van der Waals surface area contributed by atoms with E-state index in [1.165, 1.54) is 25.2 Å². The second kappa shape index (κ2) is 22.5. The third-order valence-corrected chi connectivity index (χ3v) is 13.7. The molecule has 0 unspecified atom stereocenters. The Labute approximate surface area is 439 Å². The molecule has 394 valence electrons. The molecule has 5 heterocycles. The zero-order chi connectivity index (χ0) is 53.8. The summed E-state index contributed by atoms with van der Waals surface area (Å²) in [5.74, 6) is -0.905. The lowest BCUT2D eigenvalue weighted by molar-refractivity contribution is -0.138. The van der Waals surface area contributed by atoms with Gasteiger partial charge in [-0.1, -0.05) is 60.3 Å². The topological polar surface area (TPSA) is 120 Å². The largest absolute Gasteiger partial charge is 0.497 e. The fourth-order valence-corrected chi connectivity index (χ4v) is 9.55. The fraction of sp³-hybridized carbons (Fsp3) is 0.268. The van der Waals surface area contributed by atoms with Crippen molar-refractivity contribution in [2.75, 3.05) is 62.5 Å². The van der Waals surface area contributed by atoms with Gasteiger partial charge in [0.1, 0.15) is 69.3 Å². The molecule has 8 aromatic rings. The quantitative estimate of drug-likeness (QED) is 0.0460. The number of aromatic nitrogens is 5. The highest BCUT2D eigenvalue weighted by molar-refractivity contribution is 7.98. The molecule has 0 N–H and O–H groups in total. The Morgan fingerprint density at radius 1 is 0.645 bits per heavy atom. The average Bonchev–Trinajstić information content (AvgIpc) is 3.66. The number of nitrogens with zero attached hydrogens (tertiary/aromatic N) is 8. The molecule has 1 aliphatic rings. The Morgan fingerprint density at radius 2 is 1.12 bits per heavy atom. The van der Waals surface area contributed by atoms with Crippen molar-refractivity contribution < 1.29 is 50.0 Å². The number of hydrogen-bond donors (Lipinski definition) is 0. The van der Waals surface area contributed by atoms with Crippen LogP contribution in [0.3, 0.4) is 0 Å². The lowest BCUT2D eigenvalue weighted by Crippen LogP contribution is -2.33. The second-order valence-electron chi connectivity index (χ2n) is 17.8. The molecule has 76 heavy (non-hydrogen) atoms. The van der Waals surface area contributed by atoms with Gasteiger partial charge in [-0.15, -0.1) is 0 Å². The lowest BCUT2D eigenvalue weighted by Gasteiger charge is -2.33. The van der Waals surface area contributed by atoms with Crippen LogP contribution in [0.25, 0.3) is 22.3 Å². The molecule has 0 fully saturated rings. The Kier molecular flexibility index (Phi) is 15.6. The molecule has 9 rings (SSSR count). The van der Waals surface area contributed by atoms with E-state index in [1.807, 2.05) is 60.4 Å². The van der Waals surface area contributed by atoms with Crippen LogP contribution in [0.1, 0.15) is 51.9 Å². The summed E-state index contributed by atoms with van der Waals surface area (Å²) in [4.78, 5) is 28.2. The van der Waals surface area contributed by atoms with Gasteiger partial charge in [-0.05, 0) is 97.0 Å². The van der Waals surface area contributed by atoms with E-state index in [4.69, 9.17) is 28.7 Å². The predicted octanol–water partition coefficient (Wildman–Crippen LogP) is 12.4. The Bertz CT molecular complexity index is 3260. The number of benzene rings is 4. The highest BCUT2D eigenvalue weighted by Crippen LogP contribution is 2.47. The molecule has 0 saturated heterocycles. The zero-order valence-electron chi connectivity index (χ0n) is 42.5. The van der Waals surface area contributed by atoms with E-state index in [-0.39, 0.29) is 48.5 Å². The van der Waals surface area contributed by atoms with Gasteiger partial charge < -0.3 is 38.4 Å². The van der Waals surface area contributed by atoms with Gasteiger partial charge in [0.05, 0.1) is 52.8 Å². The van der Waals surface area contributed by atoms with Gasteiger partial charge in [-0.2, -0.15) is 13.2 Å². The maximum absolute atomic E-state index is 17.8. The van der Waals surface area contributed by atoms with Gasteiger partial charge in [0, 0.05) is 37.3 Å². The van der Waals surface area contributed by atoms with Gasteiger partial charge >= 0.3 is 6.18 Å². The first kappa shape index (κ1) is 52.8. The monoisotopic (exact) mass is 1060 g/mol. The fourth-order valence-electron chi connectivity index (χ4n) is 9.19. The molecule has 0 saturated carbocycles. The van der Waals surface area contributed by atoms with Crippen molar-refractivity contribution in [1.82, 2.24) is 24.9 Å². The van der Waals surface area contributed by atoms with E-state index in [0.29, 0.717) is 58.6 Å². The van der Waals surface area contributed by atoms with Crippen molar-refractivity contribution in [3.63, 3.8) is 0 Å². The summed E-state index contributed by atoms with van der Waals surface area (Å²) < 4.78 is 124. The summed E-state index contributed by atoms with van der Waals surface area (Å²) in [5.41, 5.74) is -1.05. The van der Waals surface area contributed by atoms with Crippen molar-refractivity contribution in [2.24, 2.45) is 0 Å². The van der Waals surface area contributed by atoms with Crippen LogP contribution in [0, 0.1) is 24.4 Å².